The summed E-state index contributed by atoms with van der Waals surface area (Å²) in [7, 11) is 0. The van der Waals surface area contributed by atoms with Crippen molar-refractivity contribution >= 4 is 44.6 Å². The van der Waals surface area contributed by atoms with E-state index in [1.54, 1.807) is 54.9 Å². The molecule has 134 valence electrons. The Labute approximate surface area is 163 Å². The SMILES string of the molecule is O=C(Nc1ccc(Oc2ccncc2)cc1)c1sc2cc(F)ccc2c1Cl. The molecule has 0 fully saturated rings. The van der Waals surface area contributed by atoms with Gasteiger partial charge in [-0.2, -0.15) is 0 Å². The van der Waals surface area contributed by atoms with E-state index in [0.717, 1.165) is 11.3 Å². The highest BCUT2D eigenvalue weighted by Crippen LogP contribution is 2.36. The molecule has 2 aromatic carbocycles. The van der Waals surface area contributed by atoms with Crippen molar-refractivity contribution in [2.75, 3.05) is 5.32 Å². The molecule has 1 amide bonds. The van der Waals surface area contributed by atoms with Crippen LogP contribution in [0, 0.1) is 5.82 Å². The van der Waals surface area contributed by atoms with E-state index in [4.69, 9.17) is 16.3 Å². The first kappa shape index (κ1) is 17.5. The van der Waals surface area contributed by atoms with Crippen molar-refractivity contribution in [3.05, 3.63) is 82.7 Å². The molecule has 0 spiro atoms. The molecule has 0 unspecified atom stereocenters. The highest BCUT2D eigenvalue weighted by atomic mass is 35.5. The first-order valence-electron chi connectivity index (χ1n) is 7.97. The van der Waals surface area contributed by atoms with E-state index >= 15 is 0 Å². The van der Waals surface area contributed by atoms with Gasteiger partial charge in [-0.05, 0) is 54.6 Å². The van der Waals surface area contributed by atoms with Crippen molar-refractivity contribution in [3.63, 3.8) is 0 Å². The number of amides is 1. The third kappa shape index (κ3) is 3.77. The number of nitrogens with one attached hydrogen (secondary N) is 1. The number of hydrogen-bond donors (Lipinski definition) is 1. The van der Waals surface area contributed by atoms with Crippen molar-refractivity contribution in [2.45, 2.75) is 0 Å². The van der Waals surface area contributed by atoms with Crippen LogP contribution in [0.3, 0.4) is 0 Å². The fourth-order valence-corrected chi connectivity index (χ4v) is 3.96. The normalized spacial score (nSPS) is 10.7. The van der Waals surface area contributed by atoms with Gasteiger partial charge in [0, 0.05) is 28.2 Å². The maximum Gasteiger partial charge on any atom is 0.267 e. The van der Waals surface area contributed by atoms with Crippen LogP contribution in [0.25, 0.3) is 10.1 Å². The second kappa shape index (κ2) is 7.34. The van der Waals surface area contributed by atoms with Crippen LogP contribution in [0.5, 0.6) is 11.5 Å². The lowest BCUT2D eigenvalue weighted by Crippen LogP contribution is -2.10. The van der Waals surface area contributed by atoms with Crippen LogP contribution in [-0.2, 0) is 0 Å². The summed E-state index contributed by atoms with van der Waals surface area (Å²) in [5, 5.41) is 3.78. The molecule has 4 aromatic rings. The summed E-state index contributed by atoms with van der Waals surface area (Å²) in [6.45, 7) is 0. The molecule has 0 saturated heterocycles. The summed E-state index contributed by atoms with van der Waals surface area (Å²) < 4.78 is 19.7. The molecule has 0 saturated carbocycles. The van der Waals surface area contributed by atoms with Gasteiger partial charge < -0.3 is 10.1 Å². The Bertz CT molecular complexity index is 1110. The monoisotopic (exact) mass is 398 g/mol. The van der Waals surface area contributed by atoms with Gasteiger partial charge in [0.1, 0.15) is 22.2 Å². The predicted molar refractivity (Wildman–Crippen MR) is 105 cm³/mol. The first-order chi connectivity index (χ1) is 13.1. The molecule has 7 heteroatoms. The number of carbonyl (C=O) groups is 1. The highest BCUT2D eigenvalue weighted by Gasteiger charge is 2.17. The molecule has 0 atom stereocenters. The van der Waals surface area contributed by atoms with Crippen LogP contribution in [0.15, 0.2) is 67.0 Å². The molecule has 4 nitrogen and oxygen atoms in total. The Balaban J connectivity index is 1.50. The number of benzene rings is 2. The minimum atomic E-state index is -0.364. The van der Waals surface area contributed by atoms with Gasteiger partial charge in [-0.15, -0.1) is 11.3 Å². The third-order valence-corrected chi connectivity index (χ3v) is 5.45. The number of rotatable bonds is 4. The number of anilines is 1. The first-order valence-corrected chi connectivity index (χ1v) is 9.16. The van der Waals surface area contributed by atoms with Crippen molar-refractivity contribution < 1.29 is 13.9 Å². The van der Waals surface area contributed by atoms with Crippen LogP contribution < -0.4 is 10.1 Å². The maximum atomic E-state index is 13.4. The van der Waals surface area contributed by atoms with Gasteiger partial charge in [0.05, 0.1) is 5.02 Å². The van der Waals surface area contributed by atoms with Gasteiger partial charge in [-0.3, -0.25) is 9.78 Å². The minimum absolute atomic E-state index is 0.324. The largest absolute Gasteiger partial charge is 0.457 e. The third-order valence-electron chi connectivity index (χ3n) is 3.80. The van der Waals surface area contributed by atoms with E-state index in [1.807, 2.05) is 0 Å². The van der Waals surface area contributed by atoms with E-state index in [9.17, 15) is 9.18 Å². The number of fused-ring (bicyclic) bond motifs is 1. The highest BCUT2D eigenvalue weighted by molar-refractivity contribution is 7.21. The number of hydrogen-bond acceptors (Lipinski definition) is 4. The summed E-state index contributed by atoms with van der Waals surface area (Å²) >= 11 is 7.44. The summed E-state index contributed by atoms with van der Waals surface area (Å²) in [5.74, 6) is 0.599. The lowest BCUT2D eigenvalue weighted by atomic mass is 10.2. The van der Waals surface area contributed by atoms with Crippen LogP contribution in [-0.4, -0.2) is 10.9 Å². The average Bonchev–Trinajstić information content (AvgIpc) is 3.00. The molecule has 0 aliphatic carbocycles. The van der Waals surface area contributed by atoms with E-state index in [0.29, 0.717) is 37.2 Å². The average molecular weight is 399 g/mol. The number of aromatic nitrogens is 1. The Morgan fingerprint density at radius 2 is 1.74 bits per heavy atom. The fraction of sp³-hybridized carbons (Fsp3) is 0. The zero-order valence-electron chi connectivity index (χ0n) is 13.8. The molecule has 2 aromatic heterocycles. The van der Waals surface area contributed by atoms with E-state index in [1.165, 1.54) is 12.1 Å². The number of nitrogens with zero attached hydrogens (tertiary/aromatic N) is 1. The summed E-state index contributed by atoms with van der Waals surface area (Å²) in [5.41, 5.74) is 0.599. The Morgan fingerprint density at radius 3 is 2.48 bits per heavy atom. The number of carbonyl (C=O) groups excluding carboxylic acids is 1. The number of ether oxygens (including phenoxy) is 1. The van der Waals surface area contributed by atoms with Crippen LogP contribution in [0.1, 0.15) is 9.67 Å². The summed E-state index contributed by atoms with van der Waals surface area (Å²) in [6, 6.07) is 14.7. The molecule has 4 rings (SSSR count). The molecule has 0 aliphatic heterocycles. The molecular formula is C20H12ClFN2O2S. The van der Waals surface area contributed by atoms with E-state index < -0.39 is 0 Å². The second-order valence-electron chi connectivity index (χ2n) is 5.65. The number of thiophene rings is 1. The molecular weight excluding hydrogens is 387 g/mol. The number of halogens is 2. The van der Waals surface area contributed by atoms with Gasteiger partial charge >= 0.3 is 0 Å². The van der Waals surface area contributed by atoms with Gasteiger partial charge in [0.2, 0.25) is 0 Å². The lowest BCUT2D eigenvalue weighted by molar-refractivity contribution is 0.103. The smallest absolute Gasteiger partial charge is 0.267 e. The van der Waals surface area contributed by atoms with Gasteiger partial charge in [0.15, 0.2) is 0 Å². The van der Waals surface area contributed by atoms with Gasteiger partial charge in [-0.25, -0.2) is 4.39 Å². The predicted octanol–water partition coefficient (Wildman–Crippen LogP) is 6.13. The van der Waals surface area contributed by atoms with Crippen LogP contribution >= 0.6 is 22.9 Å². The van der Waals surface area contributed by atoms with Gasteiger partial charge in [-0.1, -0.05) is 11.6 Å². The summed E-state index contributed by atoms with van der Waals surface area (Å²) in [6.07, 6.45) is 3.29. The molecule has 1 N–H and O–H groups in total. The minimum Gasteiger partial charge on any atom is -0.457 e. The summed E-state index contributed by atoms with van der Waals surface area (Å²) in [4.78, 5) is 16.8. The van der Waals surface area contributed by atoms with E-state index in [2.05, 4.69) is 10.3 Å². The standard InChI is InChI=1S/C20H12ClFN2O2S/c21-18-16-6-1-12(22)11-17(16)27-19(18)20(25)24-13-2-4-14(5-3-13)26-15-7-9-23-10-8-15/h1-11H,(H,24,25). The quantitative estimate of drug-likeness (QED) is 0.449. The lowest BCUT2D eigenvalue weighted by Gasteiger charge is -2.07. The molecule has 27 heavy (non-hydrogen) atoms. The fourth-order valence-electron chi connectivity index (χ4n) is 2.52. The Hall–Kier alpha value is -2.96. The van der Waals surface area contributed by atoms with Crippen LogP contribution in [0.4, 0.5) is 10.1 Å². The molecule has 2 heterocycles. The molecule has 0 aliphatic rings. The molecule has 0 bridgehead atoms. The van der Waals surface area contributed by atoms with Crippen molar-refractivity contribution in [3.8, 4) is 11.5 Å². The number of pyridine rings is 1. The van der Waals surface area contributed by atoms with Crippen molar-refractivity contribution in [2.24, 2.45) is 0 Å². The zero-order chi connectivity index (χ0) is 18.8. The zero-order valence-corrected chi connectivity index (χ0v) is 15.4. The Morgan fingerprint density at radius 1 is 1.04 bits per heavy atom. The van der Waals surface area contributed by atoms with Gasteiger partial charge in [0.25, 0.3) is 5.91 Å². The second-order valence-corrected chi connectivity index (χ2v) is 7.08. The van der Waals surface area contributed by atoms with Crippen LogP contribution in [0.2, 0.25) is 5.02 Å². The van der Waals surface area contributed by atoms with Crippen molar-refractivity contribution in [1.82, 2.24) is 4.98 Å². The molecule has 0 radical (unpaired) electrons. The Kier molecular flexibility index (Phi) is 4.75. The topological polar surface area (TPSA) is 51.2 Å². The van der Waals surface area contributed by atoms with E-state index in [-0.39, 0.29) is 11.7 Å². The maximum absolute atomic E-state index is 13.4. The van der Waals surface area contributed by atoms with Crippen molar-refractivity contribution in [1.29, 1.82) is 0 Å².